The average molecular weight is 161 g/mol. The lowest BCUT2D eigenvalue weighted by atomic mass is 10.4. The number of nitrogens with two attached hydrogens (primary N) is 1. The van der Waals surface area contributed by atoms with Crippen LogP contribution in [-0.4, -0.2) is 20.3 Å². The molecule has 0 aliphatic rings. The fourth-order valence-corrected chi connectivity index (χ4v) is 1.18. The molecule has 1 atom stereocenters. The molecule has 0 saturated carbocycles. The van der Waals surface area contributed by atoms with E-state index in [9.17, 15) is 4.79 Å². The largest absolute Gasteiger partial charge is 0.519 e. The summed E-state index contributed by atoms with van der Waals surface area (Å²) in [5.74, 6) is -0.292. The zero-order valence-corrected chi connectivity index (χ0v) is 7.97. The van der Waals surface area contributed by atoms with E-state index < -0.39 is 14.4 Å². The summed E-state index contributed by atoms with van der Waals surface area (Å²) in [4.78, 5) is 10.8. The Kier molecular flexibility index (Phi) is 3.05. The third-order valence-electron chi connectivity index (χ3n) is 0.779. The maximum atomic E-state index is 10.8. The van der Waals surface area contributed by atoms with Gasteiger partial charge in [0.05, 0.1) is 6.04 Å². The van der Waals surface area contributed by atoms with Gasteiger partial charge in [-0.25, -0.2) is 0 Å². The summed E-state index contributed by atoms with van der Waals surface area (Å²) in [6, 6.07) is -0.494. The van der Waals surface area contributed by atoms with E-state index in [4.69, 9.17) is 10.2 Å². The Balaban J connectivity index is 3.81. The van der Waals surface area contributed by atoms with Crippen LogP contribution in [0.4, 0.5) is 0 Å². The van der Waals surface area contributed by atoms with E-state index in [1.807, 2.05) is 19.6 Å². The minimum Gasteiger partial charge on any atom is -0.519 e. The van der Waals surface area contributed by atoms with E-state index >= 15 is 0 Å². The summed E-state index contributed by atoms with van der Waals surface area (Å²) in [5, 5.41) is 0. The number of hydrogen-bond donors (Lipinski definition) is 1. The Hall–Kier alpha value is -0.353. The first-order chi connectivity index (χ1) is 4.33. The van der Waals surface area contributed by atoms with Crippen molar-refractivity contribution >= 4 is 14.3 Å². The summed E-state index contributed by atoms with van der Waals surface area (Å²) in [6.45, 7) is 7.48. The molecule has 2 N–H and O–H groups in total. The molecule has 0 aromatic rings. The van der Waals surface area contributed by atoms with Gasteiger partial charge in [0.25, 0.3) is 0 Å². The van der Waals surface area contributed by atoms with Crippen LogP contribution >= 0.6 is 0 Å². The highest BCUT2D eigenvalue weighted by atomic mass is 28.4. The van der Waals surface area contributed by atoms with Gasteiger partial charge in [-0.05, 0) is 26.6 Å². The van der Waals surface area contributed by atoms with Gasteiger partial charge in [0.1, 0.15) is 0 Å². The van der Waals surface area contributed by atoms with Gasteiger partial charge in [0.15, 0.2) is 0 Å². The highest BCUT2D eigenvalue weighted by Crippen LogP contribution is 2.03. The maximum Gasteiger partial charge on any atom is 0.309 e. The summed E-state index contributed by atoms with van der Waals surface area (Å²) < 4.78 is 5.07. The third-order valence-corrected chi connectivity index (χ3v) is 1.59. The summed E-state index contributed by atoms with van der Waals surface area (Å²) in [7, 11) is -1.71. The molecule has 0 radical (unpaired) electrons. The fraction of sp³-hybridized carbons (Fsp3) is 0.833. The number of hydrogen-bond acceptors (Lipinski definition) is 3. The monoisotopic (exact) mass is 161 g/mol. The van der Waals surface area contributed by atoms with E-state index in [-0.39, 0.29) is 5.97 Å². The van der Waals surface area contributed by atoms with Crippen molar-refractivity contribution in [3.8, 4) is 0 Å². The third kappa shape index (κ3) is 4.52. The first-order valence-corrected chi connectivity index (χ1v) is 6.72. The lowest BCUT2D eigenvalue weighted by Crippen LogP contribution is -2.37. The molecule has 0 amide bonds. The van der Waals surface area contributed by atoms with E-state index in [1.165, 1.54) is 0 Å². The van der Waals surface area contributed by atoms with E-state index in [0.717, 1.165) is 0 Å². The Morgan fingerprint density at radius 1 is 1.50 bits per heavy atom. The van der Waals surface area contributed by atoms with Crippen molar-refractivity contribution in [2.24, 2.45) is 5.73 Å². The molecule has 3 nitrogen and oxygen atoms in total. The molecule has 0 aromatic heterocycles. The number of carbonyl (C=O) groups is 1. The quantitative estimate of drug-likeness (QED) is 0.607. The lowest BCUT2D eigenvalue weighted by molar-refractivity contribution is -0.136. The minimum atomic E-state index is -1.71. The van der Waals surface area contributed by atoms with E-state index in [2.05, 4.69) is 0 Å². The van der Waals surface area contributed by atoms with Crippen molar-refractivity contribution < 1.29 is 9.22 Å². The van der Waals surface area contributed by atoms with Crippen LogP contribution in [0.5, 0.6) is 0 Å². The van der Waals surface area contributed by atoms with Crippen LogP contribution in [0.1, 0.15) is 6.92 Å². The van der Waals surface area contributed by atoms with Crippen LogP contribution in [0.3, 0.4) is 0 Å². The van der Waals surface area contributed by atoms with Gasteiger partial charge in [-0.3, -0.25) is 4.79 Å². The zero-order chi connectivity index (χ0) is 8.36. The Labute approximate surface area is 62.7 Å². The fourth-order valence-electron chi connectivity index (χ4n) is 0.395. The van der Waals surface area contributed by atoms with Gasteiger partial charge in [0.2, 0.25) is 8.32 Å². The second kappa shape index (κ2) is 3.16. The Morgan fingerprint density at radius 3 is 2.00 bits per heavy atom. The highest BCUT2D eigenvalue weighted by molar-refractivity contribution is 6.71. The van der Waals surface area contributed by atoms with Crippen LogP contribution in [0.15, 0.2) is 0 Å². The first-order valence-electron chi connectivity index (χ1n) is 3.31. The van der Waals surface area contributed by atoms with Crippen LogP contribution in [0.25, 0.3) is 0 Å². The van der Waals surface area contributed by atoms with Gasteiger partial charge in [-0.15, -0.1) is 0 Å². The Bertz CT molecular complexity index is 128. The lowest BCUT2D eigenvalue weighted by Gasteiger charge is -2.18. The molecule has 0 unspecified atom stereocenters. The summed E-state index contributed by atoms with van der Waals surface area (Å²) >= 11 is 0. The maximum absolute atomic E-state index is 10.8. The molecule has 0 spiro atoms. The standard InChI is InChI=1S/C6H15NO2Si/c1-5(7)6(8)9-10(2,3)4/h5H,7H2,1-4H3/t5-/m0/s1. The summed E-state index contributed by atoms with van der Waals surface area (Å²) in [5.41, 5.74) is 5.29. The van der Waals surface area contributed by atoms with E-state index in [0.29, 0.717) is 0 Å². The second-order valence-electron chi connectivity index (χ2n) is 3.32. The Morgan fingerprint density at radius 2 is 1.90 bits per heavy atom. The van der Waals surface area contributed by atoms with Gasteiger partial charge in [-0.2, -0.15) is 0 Å². The van der Waals surface area contributed by atoms with Gasteiger partial charge in [0, 0.05) is 0 Å². The van der Waals surface area contributed by atoms with Crippen molar-refractivity contribution in [3.63, 3.8) is 0 Å². The SMILES string of the molecule is C[C@H](N)C(=O)O[Si](C)(C)C. The molecule has 0 rings (SSSR count). The minimum absolute atomic E-state index is 0.292. The molecule has 0 aromatic carbocycles. The predicted molar refractivity (Wildman–Crippen MR) is 43.1 cm³/mol. The van der Waals surface area contributed by atoms with Gasteiger partial charge >= 0.3 is 5.97 Å². The molecule has 10 heavy (non-hydrogen) atoms. The van der Waals surface area contributed by atoms with Crippen molar-refractivity contribution in [2.75, 3.05) is 0 Å². The number of carbonyl (C=O) groups excluding carboxylic acids is 1. The molecule has 0 aliphatic heterocycles. The molecule has 0 bridgehead atoms. The topological polar surface area (TPSA) is 52.3 Å². The molecular formula is C6H15NO2Si. The summed E-state index contributed by atoms with van der Waals surface area (Å²) in [6.07, 6.45) is 0. The highest BCUT2D eigenvalue weighted by Gasteiger charge is 2.21. The van der Waals surface area contributed by atoms with Crippen LogP contribution < -0.4 is 5.73 Å². The van der Waals surface area contributed by atoms with Crippen LogP contribution in [0.2, 0.25) is 19.6 Å². The first kappa shape index (κ1) is 9.65. The average Bonchev–Trinajstić information content (AvgIpc) is 1.60. The molecule has 0 saturated heterocycles. The second-order valence-corrected chi connectivity index (χ2v) is 7.75. The van der Waals surface area contributed by atoms with Crippen molar-refractivity contribution in [3.05, 3.63) is 0 Å². The zero-order valence-electron chi connectivity index (χ0n) is 6.97. The smallest absolute Gasteiger partial charge is 0.309 e. The number of rotatable bonds is 2. The molecule has 60 valence electrons. The molecule has 4 heteroatoms. The van der Waals surface area contributed by atoms with Gasteiger partial charge in [-0.1, -0.05) is 0 Å². The normalized spacial score (nSPS) is 14.5. The van der Waals surface area contributed by atoms with Crippen molar-refractivity contribution in [1.29, 1.82) is 0 Å². The molecule has 0 fully saturated rings. The molecule has 0 heterocycles. The van der Waals surface area contributed by atoms with Crippen LogP contribution in [0, 0.1) is 0 Å². The molecule has 0 aliphatic carbocycles. The predicted octanol–water partition coefficient (Wildman–Crippen LogP) is 0.712. The van der Waals surface area contributed by atoms with Gasteiger partial charge < -0.3 is 10.2 Å². The van der Waals surface area contributed by atoms with Crippen molar-refractivity contribution in [1.82, 2.24) is 0 Å². The van der Waals surface area contributed by atoms with E-state index in [1.54, 1.807) is 6.92 Å². The molecular weight excluding hydrogens is 146 g/mol. The van der Waals surface area contributed by atoms with Crippen molar-refractivity contribution in [2.45, 2.75) is 32.6 Å². The van der Waals surface area contributed by atoms with Crippen LogP contribution in [-0.2, 0) is 9.22 Å².